The first-order chi connectivity index (χ1) is 31.3. The summed E-state index contributed by atoms with van der Waals surface area (Å²) in [5, 5.41) is 21.0. The average Bonchev–Trinajstić information content (AvgIpc) is 3.66. The Morgan fingerprint density at radius 1 is 0.697 bits per heavy atom. The molecular weight excluding hydrogens is 842 g/mol. The molecule has 12 aliphatic carbocycles. The number of aryl methyl sites for hydroxylation is 2. The van der Waals surface area contributed by atoms with Gasteiger partial charge < -0.3 is 15.9 Å². The van der Waals surface area contributed by atoms with Crippen molar-refractivity contribution in [3.63, 3.8) is 0 Å². The van der Waals surface area contributed by atoms with Crippen LogP contribution in [0.4, 0.5) is 11.5 Å². The van der Waals surface area contributed by atoms with Gasteiger partial charge in [0.1, 0.15) is 5.82 Å². The summed E-state index contributed by atoms with van der Waals surface area (Å²) in [5.74, 6) is 14.0. The number of nitrogens with two attached hydrogens (primary N) is 2. The molecule has 12 bridgehead atoms. The Bertz CT molecular complexity index is 2110. The third-order valence-electron chi connectivity index (χ3n) is 17.4. The van der Waals surface area contributed by atoms with E-state index < -0.39 is 0 Å². The molecule has 10 nitrogen and oxygen atoms in total. The molecule has 12 fully saturated rings. The van der Waals surface area contributed by atoms with Gasteiger partial charge in [0, 0.05) is 29.5 Å². The summed E-state index contributed by atoms with van der Waals surface area (Å²) in [6, 6.07) is 22.3. The number of nitriles is 2. The number of ether oxygens (including phenoxy) is 1. The van der Waals surface area contributed by atoms with Crippen molar-refractivity contribution in [2.24, 2.45) is 69.9 Å². The van der Waals surface area contributed by atoms with Crippen LogP contribution in [0.1, 0.15) is 153 Å². The summed E-state index contributed by atoms with van der Waals surface area (Å²) >= 11 is 0. The van der Waals surface area contributed by atoms with Crippen LogP contribution in [0.5, 0.6) is 0 Å². The summed E-state index contributed by atoms with van der Waals surface area (Å²) in [6.45, 7) is 8.04. The molecule has 1 heterocycles. The minimum absolute atomic E-state index is 0. The quantitative estimate of drug-likeness (QED) is 0.118. The number of nitrogens with zero attached hydrogens (tertiary/aromatic N) is 4. The highest BCUT2D eigenvalue weighted by molar-refractivity contribution is 5.87. The highest BCUT2D eigenvalue weighted by Gasteiger charge is 2.56. The normalized spacial score (nSPS) is 34.7. The van der Waals surface area contributed by atoms with E-state index in [0.29, 0.717) is 12.0 Å². The Morgan fingerprint density at radius 2 is 1.08 bits per heavy atom. The van der Waals surface area contributed by atoms with E-state index >= 15 is 0 Å². The molecule has 0 unspecified atom stereocenters. The number of aromatic nitrogens is 2. The molecule has 15 rings (SSSR count). The van der Waals surface area contributed by atoms with E-state index in [1.165, 1.54) is 101 Å². The summed E-state index contributed by atoms with van der Waals surface area (Å²) in [4.78, 5) is 24.1. The second-order valence-electron chi connectivity index (χ2n) is 22.5. The highest BCUT2D eigenvalue weighted by atomic mass is 35.5. The molecule has 66 heavy (non-hydrogen) atoms. The van der Waals surface area contributed by atoms with Gasteiger partial charge in [-0.15, -0.1) is 12.4 Å². The van der Waals surface area contributed by atoms with E-state index in [9.17, 15) is 9.59 Å². The number of halogens is 1. The minimum Gasteiger partial charge on any atom is -0.466 e. The lowest BCUT2D eigenvalue weighted by molar-refractivity contribution is -0.171. The number of ketones is 1. The number of anilines is 2. The monoisotopic (exact) mass is 918 g/mol. The number of hydrogen-bond acceptors (Lipinski definition) is 9. The summed E-state index contributed by atoms with van der Waals surface area (Å²) in [7, 11) is 0. The molecule has 1 aromatic heterocycles. The van der Waals surface area contributed by atoms with Crippen LogP contribution in [0.15, 0.2) is 54.6 Å². The van der Waals surface area contributed by atoms with Crippen LogP contribution >= 0.6 is 12.4 Å². The Morgan fingerprint density at radius 3 is 1.45 bits per heavy atom. The first-order valence-corrected chi connectivity index (χ1v) is 25.1. The van der Waals surface area contributed by atoms with Crippen LogP contribution in [0.3, 0.4) is 0 Å². The van der Waals surface area contributed by atoms with Crippen LogP contribution in [-0.4, -0.2) is 28.1 Å². The maximum absolute atomic E-state index is 12.1. The Hall–Kier alpha value is -4.38. The molecule has 0 atom stereocenters. The van der Waals surface area contributed by atoms with Crippen LogP contribution in [0.25, 0.3) is 5.69 Å². The first kappa shape index (κ1) is 49.5. The molecule has 11 heteroatoms. The fourth-order valence-corrected chi connectivity index (χ4v) is 16.0. The number of hydrogen-bond donors (Lipinski definition) is 3. The maximum atomic E-state index is 12.1. The molecule has 12 saturated carbocycles. The number of rotatable bonds is 7. The van der Waals surface area contributed by atoms with Crippen molar-refractivity contribution >= 4 is 35.7 Å². The average molecular weight is 919 g/mol. The van der Waals surface area contributed by atoms with E-state index in [1.54, 1.807) is 6.07 Å². The van der Waals surface area contributed by atoms with Gasteiger partial charge in [-0.2, -0.15) is 15.6 Å². The van der Waals surface area contributed by atoms with Crippen molar-refractivity contribution in [1.29, 1.82) is 10.5 Å². The fourth-order valence-electron chi connectivity index (χ4n) is 16.0. The van der Waals surface area contributed by atoms with E-state index in [2.05, 4.69) is 42.7 Å². The Balaban J connectivity index is 0.000000134. The molecule has 0 spiro atoms. The lowest BCUT2D eigenvalue weighted by atomic mass is 9.48. The molecule has 0 saturated heterocycles. The van der Waals surface area contributed by atoms with Gasteiger partial charge in [0.15, 0.2) is 5.78 Å². The number of carbonyl (C=O) groups excluding carboxylic acids is 2. The smallest absolute Gasteiger partial charge is 0.312 e. The van der Waals surface area contributed by atoms with Gasteiger partial charge in [-0.25, -0.2) is 4.68 Å². The third-order valence-corrected chi connectivity index (χ3v) is 17.4. The zero-order chi connectivity index (χ0) is 45.9. The van der Waals surface area contributed by atoms with Crippen LogP contribution < -0.4 is 17.0 Å². The third kappa shape index (κ3) is 10.7. The van der Waals surface area contributed by atoms with Crippen LogP contribution in [-0.2, 0) is 19.7 Å². The van der Waals surface area contributed by atoms with Crippen molar-refractivity contribution < 1.29 is 14.3 Å². The zero-order valence-electron chi connectivity index (χ0n) is 40.1. The largest absolute Gasteiger partial charge is 0.466 e. The van der Waals surface area contributed by atoms with Crippen molar-refractivity contribution in [2.75, 3.05) is 17.8 Å². The van der Waals surface area contributed by atoms with Crippen molar-refractivity contribution in [2.45, 2.75) is 155 Å². The highest BCUT2D eigenvalue weighted by Crippen LogP contribution is 2.63. The maximum Gasteiger partial charge on any atom is 0.312 e. The standard InChI is InChI=1S/C20H25N3.C13H17NO.C13H20O2.C7H10N2.C2H3N.ClH/c1-13-2-4-17(5-3-13)23-19(21)9-18(22-23)20-10-14-6-15(11-20)8-16(7-14)12-20;14-2-1-12(15)13-6-9-3-10(7-13)5-11(4-9)8-13;1-2-15-12(14)13-6-9-3-10(7-13)5-11(4-9)8-13;1-6-2-4-7(9-8)5-3-6;1-2-3;/h2-5,9,14-16H,6-8,10-12,21H2,1H3;9-11H,1,3-8H2;9-11H,2-8H2,1H3;2-5,9H,8H2,1H3;1H3;1H. The summed E-state index contributed by atoms with van der Waals surface area (Å²) in [6.07, 6.45) is 23.5. The Labute approximate surface area is 400 Å². The number of Topliss-reactive ketones (excluding diaryl/α,β-unsaturated/α-hetero) is 1. The van der Waals surface area contributed by atoms with E-state index in [1.807, 2.05) is 48.9 Å². The van der Waals surface area contributed by atoms with Crippen molar-refractivity contribution in [3.05, 3.63) is 71.4 Å². The second kappa shape index (κ2) is 20.9. The van der Waals surface area contributed by atoms with E-state index in [0.717, 1.165) is 109 Å². The molecule has 12 aliphatic rings. The molecule has 3 aromatic rings. The first-order valence-electron chi connectivity index (χ1n) is 25.1. The molecular formula is C55H76ClN7O3. The van der Waals surface area contributed by atoms with Gasteiger partial charge in [-0.3, -0.25) is 15.4 Å². The second-order valence-corrected chi connectivity index (χ2v) is 22.5. The SMILES string of the molecule is CC#N.CCOC(=O)C12CC3CC(CC(C3)C1)C2.Cc1ccc(-n2nc(C34CC5CC(CC(C5)C3)C4)cc2N)cc1.Cc1ccc(NN)cc1.Cl.N#CCC(=O)C12CC3CC(CC(C3)C1)C2. The van der Waals surface area contributed by atoms with Gasteiger partial charge in [0.25, 0.3) is 0 Å². The molecule has 5 N–H and O–H groups in total. The Kier molecular flexibility index (Phi) is 15.7. The lowest BCUT2D eigenvalue weighted by Crippen LogP contribution is -2.50. The van der Waals surface area contributed by atoms with E-state index in [4.69, 9.17) is 31.9 Å². The number of carbonyl (C=O) groups is 2. The number of esters is 1. The van der Waals surface area contributed by atoms with Gasteiger partial charge in [0.2, 0.25) is 0 Å². The van der Waals surface area contributed by atoms with Crippen molar-refractivity contribution in [3.8, 4) is 17.8 Å². The topological polar surface area (TPSA) is 173 Å². The fraction of sp³-hybridized carbons (Fsp3) is 0.655. The number of benzene rings is 2. The molecule has 2 aromatic carbocycles. The number of hydrazine groups is 1. The predicted molar refractivity (Wildman–Crippen MR) is 263 cm³/mol. The molecule has 356 valence electrons. The summed E-state index contributed by atoms with van der Waals surface area (Å²) in [5.41, 5.74) is 14.9. The van der Waals surface area contributed by atoms with Crippen LogP contribution in [0, 0.1) is 101 Å². The lowest BCUT2D eigenvalue weighted by Gasteiger charge is -2.56. The summed E-state index contributed by atoms with van der Waals surface area (Å²) < 4.78 is 7.23. The van der Waals surface area contributed by atoms with Crippen LogP contribution in [0.2, 0.25) is 0 Å². The van der Waals surface area contributed by atoms with Gasteiger partial charge in [-0.1, -0.05) is 35.4 Å². The van der Waals surface area contributed by atoms with Gasteiger partial charge in [0.05, 0.1) is 42.0 Å². The molecule has 0 amide bonds. The predicted octanol–water partition coefficient (Wildman–Crippen LogP) is 11.9. The van der Waals surface area contributed by atoms with Gasteiger partial charge >= 0.3 is 5.97 Å². The number of nitrogens with one attached hydrogen (secondary N) is 1. The molecule has 0 aliphatic heterocycles. The zero-order valence-corrected chi connectivity index (χ0v) is 40.9. The number of nitrogen functional groups attached to an aromatic ring is 2. The van der Waals surface area contributed by atoms with Crippen molar-refractivity contribution in [1.82, 2.24) is 9.78 Å². The van der Waals surface area contributed by atoms with E-state index in [-0.39, 0.29) is 41.4 Å². The van der Waals surface area contributed by atoms with Gasteiger partial charge in [-0.05, 0) is 214 Å². The molecule has 0 radical (unpaired) electrons. The minimum atomic E-state index is -0.0511.